The van der Waals surface area contributed by atoms with E-state index in [4.69, 9.17) is 5.84 Å². The molecule has 0 unspecified atom stereocenters. The van der Waals surface area contributed by atoms with E-state index in [9.17, 15) is 14.4 Å². The molecule has 1 aromatic rings. The summed E-state index contributed by atoms with van der Waals surface area (Å²) < 4.78 is 4.58. The Morgan fingerprint density at radius 3 is 2.00 bits per heavy atom. The first-order valence-corrected chi connectivity index (χ1v) is 6.53. The Hall–Kier alpha value is -2.70. The van der Waals surface area contributed by atoms with Crippen LogP contribution in [0.25, 0.3) is 0 Å². The average Bonchev–Trinajstić information content (AvgIpc) is 2.46. The zero-order valence-corrected chi connectivity index (χ0v) is 13.0. The quantitative estimate of drug-likeness (QED) is 0.278. The molecule has 7 heteroatoms. The van der Waals surface area contributed by atoms with Gasteiger partial charge < -0.3 is 15.9 Å². The molecule has 0 saturated heterocycles. The van der Waals surface area contributed by atoms with Gasteiger partial charge in [-0.2, -0.15) is 5.10 Å². The van der Waals surface area contributed by atoms with E-state index in [2.05, 4.69) is 15.2 Å². The minimum Gasteiger partial charge on any atom is -0.465 e. The molecule has 118 valence electrons. The van der Waals surface area contributed by atoms with Crippen LogP contribution >= 0.6 is 0 Å². The van der Waals surface area contributed by atoms with E-state index in [1.165, 1.54) is 31.4 Å². The summed E-state index contributed by atoms with van der Waals surface area (Å²) in [5.74, 6) is 3.08. The molecule has 1 rings (SSSR count). The summed E-state index contributed by atoms with van der Waals surface area (Å²) in [5, 5.41) is 5.94. The molecule has 0 aliphatic carbocycles. The number of rotatable bonds is 4. The molecular formula is C15H19N3O4. The molecule has 7 nitrogen and oxygen atoms in total. The minimum atomic E-state index is -0.844. The highest BCUT2D eigenvalue weighted by Crippen LogP contribution is 2.08. The van der Waals surface area contributed by atoms with Crippen molar-refractivity contribution in [3.8, 4) is 0 Å². The van der Waals surface area contributed by atoms with Crippen LogP contribution in [0.3, 0.4) is 0 Å². The van der Waals surface area contributed by atoms with Gasteiger partial charge in [0.15, 0.2) is 0 Å². The lowest BCUT2D eigenvalue weighted by molar-refractivity contribution is -0.135. The molecule has 0 atom stereocenters. The van der Waals surface area contributed by atoms with Gasteiger partial charge in [0.2, 0.25) is 0 Å². The first-order chi connectivity index (χ1) is 10.2. The van der Waals surface area contributed by atoms with Crippen molar-refractivity contribution in [3.05, 3.63) is 35.4 Å². The fourth-order valence-electron chi connectivity index (χ4n) is 1.65. The molecule has 3 N–H and O–H groups in total. The number of benzene rings is 1. The van der Waals surface area contributed by atoms with Crippen LogP contribution in [0.4, 0.5) is 0 Å². The Labute approximate surface area is 128 Å². The predicted molar refractivity (Wildman–Crippen MR) is 81.4 cm³/mol. The van der Waals surface area contributed by atoms with Crippen molar-refractivity contribution >= 4 is 23.4 Å². The maximum Gasteiger partial charge on any atom is 0.337 e. The van der Waals surface area contributed by atoms with Gasteiger partial charge in [0.1, 0.15) is 5.71 Å². The number of hydrogen-bond donors (Lipinski definition) is 2. The van der Waals surface area contributed by atoms with Crippen molar-refractivity contribution < 1.29 is 19.1 Å². The Kier molecular flexibility index (Phi) is 5.39. The number of hydrazone groups is 1. The highest BCUT2D eigenvalue weighted by molar-refractivity contribution is 6.68. The van der Waals surface area contributed by atoms with E-state index in [1.54, 1.807) is 20.8 Å². The van der Waals surface area contributed by atoms with Crippen molar-refractivity contribution in [3.63, 3.8) is 0 Å². The van der Waals surface area contributed by atoms with Crippen LogP contribution in [0.2, 0.25) is 0 Å². The number of carbonyl (C=O) groups excluding carboxylic acids is 3. The van der Waals surface area contributed by atoms with Gasteiger partial charge in [-0.25, -0.2) is 4.79 Å². The second-order valence-electron chi connectivity index (χ2n) is 5.58. The van der Waals surface area contributed by atoms with Crippen molar-refractivity contribution in [2.45, 2.75) is 26.3 Å². The van der Waals surface area contributed by atoms with E-state index in [0.717, 1.165) is 0 Å². The number of carbonyl (C=O) groups is 3. The largest absolute Gasteiger partial charge is 0.465 e. The Bertz CT molecular complexity index is 613. The maximum absolute atomic E-state index is 12.1. The van der Waals surface area contributed by atoms with Crippen LogP contribution < -0.4 is 11.2 Å². The predicted octanol–water partition coefficient (Wildman–Crippen LogP) is 0.620. The first-order valence-electron chi connectivity index (χ1n) is 6.53. The molecule has 0 saturated carbocycles. The Morgan fingerprint density at radius 2 is 1.59 bits per heavy atom. The molecule has 1 amide bonds. The number of nitrogens with two attached hydrogens (primary N) is 1. The summed E-state index contributed by atoms with van der Waals surface area (Å²) in [7, 11) is 1.27. The van der Waals surface area contributed by atoms with Crippen molar-refractivity contribution in [2.75, 3.05) is 7.11 Å². The third-order valence-electron chi connectivity index (χ3n) is 2.62. The summed E-state index contributed by atoms with van der Waals surface area (Å²) in [4.78, 5) is 35.4. The third kappa shape index (κ3) is 4.41. The highest BCUT2D eigenvalue weighted by atomic mass is 16.5. The third-order valence-corrected chi connectivity index (χ3v) is 2.62. The molecule has 0 aliphatic rings. The van der Waals surface area contributed by atoms with Gasteiger partial charge in [0.25, 0.3) is 11.7 Å². The normalized spacial score (nSPS) is 11.7. The summed E-state index contributed by atoms with van der Waals surface area (Å²) in [6.07, 6.45) is 0. The van der Waals surface area contributed by atoms with Gasteiger partial charge in [-0.15, -0.1) is 0 Å². The molecule has 0 heterocycles. The fraction of sp³-hybridized carbons (Fsp3) is 0.333. The second kappa shape index (κ2) is 6.84. The number of Topliss-reactive ketones (excluding diaryl/α,β-unsaturated/α-hetero) is 1. The number of ketones is 1. The molecule has 0 radical (unpaired) electrons. The summed E-state index contributed by atoms with van der Waals surface area (Å²) in [6.45, 7) is 5.26. The lowest BCUT2D eigenvalue weighted by Crippen LogP contribution is -2.46. The highest BCUT2D eigenvalue weighted by Gasteiger charge is 2.25. The number of esters is 1. The van der Waals surface area contributed by atoms with Gasteiger partial charge >= 0.3 is 5.97 Å². The van der Waals surface area contributed by atoms with Crippen LogP contribution in [-0.4, -0.2) is 36.0 Å². The number of nitrogens with one attached hydrogen (secondary N) is 1. The van der Waals surface area contributed by atoms with Crippen LogP contribution in [0.5, 0.6) is 0 Å². The average molecular weight is 305 g/mol. The van der Waals surface area contributed by atoms with Gasteiger partial charge in [-0.05, 0) is 32.9 Å². The van der Waals surface area contributed by atoms with E-state index in [0.29, 0.717) is 11.1 Å². The van der Waals surface area contributed by atoms with Crippen molar-refractivity contribution in [1.29, 1.82) is 0 Å². The van der Waals surface area contributed by atoms with Crippen LogP contribution in [0.1, 0.15) is 36.7 Å². The lowest BCUT2D eigenvalue weighted by atomic mass is 10.0. The van der Waals surface area contributed by atoms with Gasteiger partial charge in [0, 0.05) is 11.1 Å². The van der Waals surface area contributed by atoms with E-state index in [1.807, 2.05) is 0 Å². The fourth-order valence-corrected chi connectivity index (χ4v) is 1.65. The maximum atomic E-state index is 12.1. The van der Waals surface area contributed by atoms with Crippen molar-refractivity contribution in [2.24, 2.45) is 10.9 Å². The molecule has 0 aromatic heterocycles. The molecular weight excluding hydrogens is 286 g/mol. The number of hydrogen-bond acceptors (Lipinski definition) is 6. The molecule has 1 aromatic carbocycles. The molecule has 22 heavy (non-hydrogen) atoms. The summed E-state index contributed by atoms with van der Waals surface area (Å²) >= 11 is 0. The van der Waals surface area contributed by atoms with Crippen LogP contribution in [0.15, 0.2) is 29.4 Å². The number of nitrogens with zero attached hydrogens (tertiary/aromatic N) is 1. The number of methoxy groups -OCH3 is 1. The molecule has 0 bridgehead atoms. The zero-order valence-electron chi connectivity index (χ0n) is 13.0. The van der Waals surface area contributed by atoms with Crippen LogP contribution in [0, 0.1) is 0 Å². The monoisotopic (exact) mass is 305 g/mol. The van der Waals surface area contributed by atoms with E-state index >= 15 is 0 Å². The van der Waals surface area contributed by atoms with Gasteiger partial charge in [0.05, 0.1) is 12.7 Å². The smallest absolute Gasteiger partial charge is 0.337 e. The number of ether oxygens (including phenoxy) is 1. The SMILES string of the molecule is COC(=O)c1ccc(C(=NN)C(=O)C(=O)NC(C)(C)C)cc1. The van der Waals surface area contributed by atoms with Crippen LogP contribution in [-0.2, 0) is 14.3 Å². The minimum absolute atomic E-state index is 0.182. The topological polar surface area (TPSA) is 111 Å². The number of amides is 1. The van der Waals surface area contributed by atoms with Gasteiger partial charge in [-0.1, -0.05) is 12.1 Å². The summed E-state index contributed by atoms with van der Waals surface area (Å²) in [5.41, 5.74) is -0.0853. The standard InChI is InChI=1S/C15H19N3O4/c1-15(2,3)17-13(20)12(19)11(18-16)9-5-7-10(8-6-9)14(21)22-4/h5-8H,16H2,1-4H3,(H,17,20). The summed E-state index contributed by atoms with van der Waals surface area (Å²) in [6, 6.07) is 5.86. The van der Waals surface area contributed by atoms with E-state index in [-0.39, 0.29) is 5.71 Å². The Balaban J connectivity index is 3.00. The van der Waals surface area contributed by atoms with E-state index < -0.39 is 23.2 Å². The molecule has 0 aliphatic heterocycles. The van der Waals surface area contributed by atoms with Gasteiger partial charge in [-0.3, -0.25) is 9.59 Å². The Morgan fingerprint density at radius 1 is 1.09 bits per heavy atom. The zero-order chi connectivity index (χ0) is 16.9. The lowest BCUT2D eigenvalue weighted by Gasteiger charge is -2.19. The molecule has 0 spiro atoms. The second-order valence-corrected chi connectivity index (χ2v) is 5.58. The molecule has 0 fully saturated rings. The van der Waals surface area contributed by atoms with Crippen molar-refractivity contribution in [1.82, 2.24) is 5.32 Å². The first kappa shape index (κ1) is 17.4.